The summed E-state index contributed by atoms with van der Waals surface area (Å²) in [4.78, 5) is 14.1. The summed E-state index contributed by atoms with van der Waals surface area (Å²) in [7, 11) is 0. The minimum absolute atomic E-state index is 0. The number of hydrogen-bond donors (Lipinski definition) is 0. The van der Waals surface area contributed by atoms with E-state index in [4.69, 9.17) is 14.4 Å². The molecule has 48 heavy (non-hydrogen) atoms. The Bertz CT molecular complexity index is 2190. The molecule has 0 atom stereocenters. The molecule has 0 amide bonds. The molecule has 3 aromatic carbocycles. The van der Waals surface area contributed by atoms with Crippen LogP contribution in [0.5, 0.6) is 0 Å². The molecule has 0 aliphatic rings. The van der Waals surface area contributed by atoms with Crippen molar-refractivity contribution in [2.45, 2.75) is 70.8 Å². The van der Waals surface area contributed by atoms with Gasteiger partial charge in [0.1, 0.15) is 0 Å². The average molecular weight is 874 g/mol. The third-order valence-corrected chi connectivity index (χ3v) is 12.7. The Morgan fingerprint density at radius 1 is 0.938 bits per heavy atom. The molecule has 7 rings (SSSR count). The number of aryl methyl sites for hydroxylation is 1. The zero-order chi connectivity index (χ0) is 33.5. The molecule has 1 radical (unpaired) electrons. The minimum atomic E-state index is -1.86. The van der Waals surface area contributed by atoms with E-state index in [1.807, 2.05) is 42.5 Å². The van der Waals surface area contributed by atoms with Crippen LogP contribution in [0.25, 0.3) is 55.7 Å². The molecule has 4 heterocycles. The van der Waals surface area contributed by atoms with Gasteiger partial charge in [0.25, 0.3) is 0 Å². The monoisotopic (exact) mass is 875 g/mol. The van der Waals surface area contributed by atoms with Crippen molar-refractivity contribution in [2.24, 2.45) is 5.92 Å². The van der Waals surface area contributed by atoms with Crippen LogP contribution in [0, 0.1) is 25.0 Å². The summed E-state index contributed by atoms with van der Waals surface area (Å²) < 4.78 is 9.99. The standard InChI is InChI=1S/C23H20N3O.C18H24GeN.Ir/c1-14-11-12-16(20-19(14)15-8-7-13-24-22(15)27-20)21-25-17-9-5-6-10-18(17)26(21)23(2,3)4;1-14(2)11-16-12-18(15-9-7-6-8-10-15)20-13-17(16)19(3,4)5;/h5-11,13H,1-4H3;6-9,12-14H,11H2,1-5H3;/q2*-1;. The number of benzene rings is 3. The fraction of sp³-hybridized carbons (Fsp3) is 0.293. The molecule has 0 N–H and O–H groups in total. The second-order valence-corrected chi connectivity index (χ2v) is 25.4. The summed E-state index contributed by atoms with van der Waals surface area (Å²) in [6, 6.07) is 31.3. The fourth-order valence-electron chi connectivity index (χ4n) is 6.34. The summed E-state index contributed by atoms with van der Waals surface area (Å²) >= 11 is -1.86. The van der Waals surface area contributed by atoms with Gasteiger partial charge < -0.3 is 8.98 Å². The van der Waals surface area contributed by atoms with E-state index in [1.54, 1.807) is 10.6 Å². The van der Waals surface area contributed by atoms with E-state index in [2.05, 4.69) is 117 Å². The maximum atomic E-state index is 6.19. The van der Waals surface area contributed by atoms with Crippen molar-refractivity contribution in [1.29, 1.82) is 0 Å². The van der Waals surface area contributed by atoms with Gasteiger partial charge in [-0.05, 0) is 45.0 Å². The minimum Gasteiger partial charge on any atom is -0.486 e. The smallest absolute Gasteiger partial charge is 0.216 e. The summed E-state index contributed by atoms with van der Waals surface area (Å²) in [5.74, 6) is 8.86. The van der Waals surface area contributed by atoms with Crippen molar-refractivity contribution >= 4 is 50.8 Å². The molecule has 0 fully saturated rings. The molecule has 0 bridgehead atoms. The number of furan rings is 1. The number of imidazole rings is 1. The van der Waals surface area contributed by atoms with Gasteiger partial charge in [0.15, 0.2) is 0 Å². The van der Waals surface area contributed by atoms with E-state index in [1.165, 1.54) is 5.56 Å². The first kappa shape index (κ1) is 35.7. The van der Waals surface area contributed by atoms with Gasteiger partial charge in [0, 0.05) is 37.2 Å². The third-order valence-electron chi connectivity index (χ3n) is 8.39. The predicted molar refractivity (Wildman–Crippen MR) is 199 cm³/mol. The maximum absolute atomic E-state index is 6.19. The molecule has 5 nitrogen and oxygen atoms in total. The Kier molecular flexibility index (Phi) is 10.5. The number of aromatic nitrogens is 4. The Labute approximate surface area is 300 Å². The predicted octanol–water partition coefficient (Wildman–Crippen LogP) is 10.2. The first-order valence-corrected chi connectivity index (χ1v) is 23.8. The van der Waals surface area contributed by atoms with Crippen molar-refractivity contribution in [3.63, 3.8) is 0 Å². The van der Waals surface area contributed by atoms with Gasteiger partial charge >= 0.3 is 126 Å². The first-order chi connectivity index (χ1) is 22.3. The fourth-order valence-corrected chi connectivity index (χ4v) is 9.67. The van der Waals surface area contributed by atoms with E-state index < -0.39 is 13.3 Å². The van der Waals surface area contributed by atoms with Crippen molar-refractivity contribution in [3.8, 4) is 22.6 Å². The van der Waals surface area contributed by atoms with E-state index in [0.717, 1.165) is 62.0 Å². The Morgan fingerprint density at radius 2 is 1.69 bits per heavy atom. The van der Waals surface area contributed by atoms with Crippen LogP contribution < -0.4 is 4.40 Å². The topological polar surface area (TPSA) is 56.7 Å². The molecular formula is C41H44GeIrN4O-2. The Balaban J connectivity index is 0.000000193. The van der Waals surface area contributed by atoms with Crippen LogP contribution in [0.3, 0.4) is 0 Å². The molecule has 4 aromatic heterocycles. The van der Waals surface area contributed by atoms with Crippen molar-refractivity contribution in [3.05, 3.63) is 108 Å². The quantitative estimate of drug-likeness (QED) is 0.128. The van der Waals surface area contributed by atoms with E-state index >= 15 is 0 Å². The molecule has 0 spiro atoms. The Hall–Kier alpha value is -3.58. The van der Waals surface area contributed by atoms with Gasteiger partial charge in [-0.3, -0.25) is 4.98 Å². The Morgan fingerprint density at radius 3 is 2.38 bits per heavy atom. The maximum Gasteiger partial charge on any atom is 0.216 e. The van der Waals surface area contributed by atoms with Crippen LogP contribution in [0.2, 0.25) is 17.3 Å². The summed E-state index contributed by atoms with van der Waals surface area (Å²) in [6.45, 7) is 13.2. The largest absolute Gasteiger partial charge is 0.486 e. The molecule has 7 heteroatoms. The average Bonchev–Trinajstić information content (AvgIpc) is 3.61. The van der Waals surface area contributed by atoms with Gasteiger partial charge in [0.2, 0.25) is 5.71 Å². The molecule has 7 aromatic rings. The normalized spacial score (nSPS) is 12.0. The summed E-state index contributed by atoms with van der Waals surface area (Å²) in [5, 5.41) is 2.11. The van der Waals surface area contributed by atoms with Crippen LogP contribution in [0.15, 0.2) is 89.6 Å². The van der Waals surface area contributed by atoms with Crippen LogP contribution in [-0.4, -0.2) is 32.8 Å². The number of hydrogen-bond acceptors (Lipinski definition) is 4. The molecule has 0 saturated carbocycles. The molecule has 0 aliphatic heterocycles. The van der Waals surface area contributed by atoms with Crippen LogP contribution in [-0.2, 0) is 32.1 Å². The third kappa shape index (κ3) is 7.22. The number of nitrogens with zero attached hydrogens (tertiary/aromatic N) is 4. The van der Waals surface area contributed by atoms with Gasteiger partial charge in [-0.1, -0.05) is 30.0 Å². The SMILES string of the molecule is CC(C)Cc1cc(-c2[c-]cccc2)nc[c]1[Ge]([CH3])([CH3])[CH3].Cc1c[c-]c(-c2nc3ccccc3n2C(C)(C)C)c2oc3ncccc3c12.[Ir]. The first-order valence-electron chi connectivity index (χ1n) is 16.5. The van der Waals surface area contributed by atoms with E-state index in [0.29, 0.717) is 11.6 Å². The number of fused-ring (bicyclic) bond motifs is 4. The summed E-state index contributed by atoms with van der Waals surface area (Å²) in [5.41, 5.74) is 9.02. The van der Waals surface area contributed by atoms with Gasteiger partial charge in [-0.2, -0.15) is 0 Å². The molecule has 0 aliphatic carbocycles. The molecule has 249 valence electrons. The zero-order valence-electron chi connectivity index (χ0n) is 29.4. The van der Waals surface area contributed by atoms with Crippen LogP contribution in [0.4, 0.5) is 0 Å². The van der Waals surface area contributed by atoms with Crippen LogP contribution >= 0.6 is 0 Å². The van der Waals surface area contributed by atoms with E-state index in [9.17, 15) is 0 Å². The number of pyridine rings is 2. The molecular weight excluding hydrogens is 829 g/mol. The van der Waals surface area contributed by atoms with Crippen LogP contribution in [0.1, 0.15) is 45.7 Å². The number of rotatable bonds is 5. The van der Waals surface area contributed by atoms with Gasteiger partial charge in [-0.15, -0.1) is 17.7 Å². The zero-order valence-corrected chi connectivity index (χ0v) is 33.9. The molecule has 0 saturated heterocycles. The van der Waals surface area contributed by atoms with Crippen molar-refractivity contribution in [2.75, 3.05) is 0 Å². The van der Waals surface area contributed by atoms with E-state index in [-0.39, 0.29) is 25.6 Å². The second kappa shape index (κ2) is 14.1. The summed E-state index contributed by atoms with van der Waals surface area (Å²) in [6.07, 6.45) is 5.03. The number of para-hydroxylation sites is 2. The van der Waals surface area contributed by atoms with Crippen molar-refractivity contribution in [1.82, 2.24) is 19.5 Å². The molecule has 0 unspecified atom stereocenters. The van der Waals surface area contributed by atoms with Gasteiger partial charge in [0.05, 0.1) is 22.4 Å². The second-order valence-electron chi connectivity index (χ2n) is 14.8. The van der Waals surface area contributed by atoms with Gasteiger partial charge in [-0.25, -0.2) is 4.98 Å². The van der Waals surface area contributed by atoms with Crippen molar-refractivity contribution < 1.29 is 24.5 Å².